The predicted octanol–water partition coefficient (Wildman–Crippen LogP) is 2.02. The number of hydrogen-bond acceptors (Lipinski definition) is 5. The van der Waals surface area contributed by atoms with Crippen molar-refractivity contribution >= 4 is 11.4 Å². The second-order valence-electron chi connectivity index (χ2n) is 5.18. The molecule has 1 aromatic carbocycles. The second kappa shape index (κ2) is 7.81. The van der Waals surface area contributed by atoms with Gasteiger partial charge >= 0.3 is 0 Å². The maximum atomic E-state index is 11.0. The van der Waals surface area contributed by atoms with Gasteiger partial charge in [0.15, 0.2) is 0 Å². The molecule has 20 heavy (non-hydrogen) atoms. The van der Waals surface area contributed by atoms with Crippen LogP contribution in [-0.4, -0.2) is 55.5 Å². The zero-order chi connectivity index (χ0) is 15.1. The largest absolute Gasteiger partial charge is 0.380 e. The molecule has 6 heteroatoms. The molecule has 0 atom stereocenters. The molecule has 0 aliphatic carbocycles. The van der Waals surface area contributed by atoms with Gasteiger partial charge in [-0.05, 0) is 39.7 Å². The molecule has 112 valence electrons. The topological polar surface area (TPSA) is 61.6 Å². The molecule has 0 saturated heterocycles. The van der Waals surface area contributed by atoms with Crippen molar-refractivity contribution in [2.45, 2.75) is 13.5 Å². The van der Waals surface area contributed by atoms with E-state index in [-0.39, 0.29) is 10.6 Å². The molecule has 0 saturated carbocycles. The molecule has 0 aromatic heterocycles. The number of anilines is 1. The van der Waals surface area contributed by atoms with Crippen LogP contribution in [0.25, 0.3) is 0 Å². The molecule has 0 spiro atoms. The first kappa shape index (κ1) is 16.4. The third-order valence-corrected chi connectivity index (χ3v) is 3.01. The highest BCUT2D eigenvalue weighted by Gasteiger charge is 2.14. The van der Waals surface area contributed by atoms with Crippen LogP contribution in [0, 0.1) is 10.1 Å². The van der Waals surface area contributed by atoms with Gasteiger partial charge in [0.1, 0.15) is 5.69 Å². The third-order valence-electron chi connectivity index (χ3n) is 3.01. The average Bonchev–Trinajstić information content (AvgIpc) is 2.36. The second-order valence-corrected chi connectivity index (χ2v) is 5.18. The normalized spacial score (nSPS) is 11.1. The van der Waals surface area contributed by atoms with Crippen molar-refractivity contribution in [1.29, 1.82) is 0 Å². The predicted molar refractivity (Wildman–Crippen MR) is 82.1 cm³/mol. The molecule has 1 N–H and O–H groups in total. The van der Waals surface area contributed by atoms with Crippen LogP contribution in [0.5, 0.6) is 0 Å². The lowest BCUT2D eigenvalue weighted by Gasteiger charge is -2.19. The summed E-state index contributed by atoms with van der Waals surface area (Å²) in [6, 6.07) is 5.27. The number of rotatable bonds is 8. The smallest absolute Gasteiger partial charge is 0.292 e. The molecule has 6 nitrogen and oxygen atoms in total. The van der Waals surface area contributed by atoms with E-state index in [9.17, 15) is 10.1 Å². The summed E-state index contributed by atoms with van der Waals surface area (Å²) in [6.45, 7) is 5.33. The minimum absolute atomic E-state index is 0.131. The Morgan fingerprint density at radius 1 is 1.25 bits per heavy atom. The molecule has 0 amide bonds. The quantitative estimate of drug-likeness (QED) is 0.583. The van der Waals surface area contributed by atoms with Crippen LogP contribution in [0.2, 0.25) is 0 Å². The van der Waals surface area contributed by atoms with Crippen LogP contribution < -0.4 is 5.32 Å². The van der Waals surface area contributed by atoms with E-state index >= 15 is 0 Å². The first-order valence-electron chi connectivity index (χ1n) is 6.78. The Morgan fingerprint density at radius 2 is 1.95 bits per heavy atom. The van der Waals surface area contributed by atoms with Gasteiger partial charge in [0, 0.05) is 32.2 Å². The fourth-order valence-electron chi connectivity index (χ4n) is 1.93. The van der Waals surface area contributed by atoms with E-state index in [0.29, 0.717) is 12.2 Å². The monoisotopic (exact) mass is 280 g/mol. The summed E-state index contributed by atoms with van der Waals surface area (Å²) in [6.07, 6.45) is 0. The molecular formula is C14H24N4O2. The summed E-state index contributed by atoms with van der Waals surface area (Å²) < 4.78 is 0. The van der Waals surface area contributed by atoms with E-state index in [2.05, 4.69) is 22.2 Å². The van der Waals surface area contributed by atoms with Gasteiger partial charge < -0.3 is 15.1 Å². The van der Waals surface area contributed by atoms with E-state index in [0.717, 1.165) is 25.2 Å². The van der Waals surface area contributed by atoms with Gasteiger partial charge in [-0.1, -0.05) is 6.07 Å². The summed E-state index contributed by atoms with van der Waals surface area (Å²) >= 11 is 0. The summed E-state index contributed by atoms with van der Waals surface area (Å²) in [7, 11) is 6.14. The zero-order valence-electron chi connectivity index (χ0n) is 12.7. The van der Waals surface area contributed by atoms with Crippen LogP contribution in [-0.2, 0) is 6.54 Å². The lowest BCUT2D eigenvalue weighted by atomic mass is 10.1. The van der Waals surface area contributed by atoms with Crippen LogP contribution in [0.3, 0.4) is 0 Å². The van der Waals surface area contributed by atoms with Gasteiger partial charge in [-0.15, -0.1) is 0 Å². The summed E-state index contributed by atoms with van der Waals surface area (Å²) in [5.74, 6) is 0. The van der Waals surface area contributed by atoms with Crippen LogP contribution in [0.4, 0.5) is 11.4 Å². The lowest BCUT2D eigenvalue weighted by Crippen LogP contribution is -2.28. The number of nitrogens with one attached hydrogen (secondary N) is 1. The van der Waals surface area contributed by atoms with Crippen molar-refractivity contribution in [3.63, 3.8) is 0 Å². The van der Waals surface area contributed by atoms with Gasteiger partial charge in [0.25, 0.3) is 5.69 Å². The van der Waals surface area contributed by atoms with Crippen LogP contribution in [0.15, 0.2) is 18.2 Å². The Morgan fingerprint density at radius 3 is 2.50 bits per heavy atom. The van der Waals surface area contributed by atoms with Crippen molar-refractivity contribution < 1.29 is 4.92 Å². The first-order chi connectivity index (χ1) is 9.43. The zero-order valence-corrected chi connectivity index (χ0v) is 12.7. The van der Waals surface area contributed by atoms with Crippen LogP contribution in [0.1, 0.15) is 12.5 Å². The number of benzene rings is 1. The van der Waals surface area contributed by atoms with E-state index < -0.39 is 0 Å². The Hall–Kier alpha value is -1.66. The van der Waals surface area contributed by atoms with Gasteiger partial charge in [0.2, 0.25) is 0 Å². The highest BCUT2D eigenvalue weighted by Crippen LogP contribution is 2.25. The van der Waals surface area contributed by atoms with E-state index in [1.54, 1.807) is 6.07 Å². The van der Waals surface area contributed by atoms with Gasteiger partial charge in [-0.3, -0.25) is 10.1 Å². The van der Waals surface area contributed by atoms with Gasteiger partial charge in [0.05, 0.1) is 4.92 Å². The SMILES string of the molecule is CCNc1cc(CN(C)CCN(C)C)ccc1[N+](=O)[O-]. The molecule has 0 radical (unpaired) electrons. The van der Waals surface area contributed by atoms with Gasteiger partial charge in [-0.25, -0.2) is 0 Å². The standard InChI is InChI=1S/C14H24N4O2/c1-5-15-13-10-12(6-7-14(13)18(19)20)11-17(4)9-8-16(2)3/h6-7,10,15H,5,8-9,11H2,1-4H3. The highest BCUT2D eigenvalue weighted by molar-refractivity contribution is 5.62. The number of hydrogen-bond donors (Lipinski definition) is 1. The fourth-order valence-corrected chi connectivity index (χ4v) is 1.93. The van der Waals surface area contributed by atoms with E-state index in [1.165, 1.54) is 0 Å². The summed E-state index contributed by atoms with van der Waals surface area (Å²) in [4.78, 5) is 14.9. The van der Waals surface area contributed by atoms with E-state index in [1.807, 2.05) is 33.2 Å². The number of nitro groups is 1. The fraction of sp³-hybridized carbons (Fsp3) is 0.571. The molecule has 0 aliphatic rings. The molecule has 0 fully saturated rings. The molecule has 0 bridgehead atoms. The first-order valence-corrected chi connectivity index (χ1v) is 6.78. The number of nitrogens with zero attached hydrogens (tertiary/aromatic N) is 3. The molecule has 1 rings (SSSR count). The van der Waals surface area contributed by atoms with Crippen molar-refractivity contribution in [1.82, 2.24) is 9.80 Å². The number of nitro benzene ring substituents is 1. The van der Waals surface area contributed by atoms with Crippen molar-refractivity contribution in [2.24, 2.45) is 0 Å². The Bertz CT molecular complexity index is 449. The van der Waals surface area contributed by atoms with E-state index in [4.69, 9.17) is 0 Å². The third kappa shape index (κ3) is 5.14. The minimum Gasteiger partial charge on any atom is -0.380 e. The Labute approximate surface area is 120 Å². The van der Waals surface area contributed by atoms with Crippen molar-refractivity contribution in [2.75, 3.05) is 46.1 Å². The molecule has 1 aromatic rings. The van der Waals surface area contributed by atoms with Crippen LogP contribution >= 0.6 is 0 Å². The molecule has 0 unspecified atom stereocenters. The maximum absolute atomic E-state index is 11.0. The molecule has 0 heterocycles. The summed E-state index contributed by atoms with van der Waals surface area (Å²) in [5, 5.41) is 14.0. The van der Waals surface area contributed by atoms with Gasteiger partial charge in [-0.2, -0.15) is 0 Å². The minimum atomic E-state index is -0.350. The lowest BCUT2D eigenvalue weighted by molar-refractivity contribution is -0.384. The van der Waals surface area contributed by atoms with Crippen molar-refractivity contribution in [3.05, 3.63) is 33.9 Å². The Balaban J connectivity index is 2.76. The highest BCUT2D eigenvalue weighted by atomic mass is 16.6. The molecule has 0 aliphatic heterocycles. The Kier molecular flexibility index (Phi) is 6.41. The van der Waals surface area contributed by atoms with Crippen molar-refractivity contribution in [3.8, 4) is 0 Å². The summed E-state index contributed by atoms with van der Waals surface area (Å²) in [5.41, 5.74) is 1.80. The average molecular weight is 280 g/mol. The molecular weight excluding hydrogens is 256 g/mol. The maximum Gasteiger partial charge on any atom is 0.292 e. The number of likely N-dealkylation sites (N-methyl/N-ethyl adjacent to an activating group) is 2.